The minimum absolute atomic E-state index is 0.230. The second-order valence-corrected chi connectivity index (χ2v) is 7.11. The molecule has 0 heterocycles. The largest absolute Gasteiger partial charge is 0.312 e. The summed E-state index contributed by atoms with van der Waals surface area (Å²) in [5.74, 6) is 0.922. The van der Waals surface area contributed by atoms with Gasteiger partial charge in [-0.05, 0) is 42.9 Å². The van der Waals surface area contributed by atoms with Crippen molar-refractivity contribution in [1.29, 1.82) is 0 Å². The van der Waals surface area contributed by atoms with E-state index in [1.807, 2.05) is 37.4 Å². The van der Waals surface area contributed by atoms with E-state index in [0.29, 0.717) is 10.0 Å². The van der Waals surface area contributed by atoms with Gasteiger partial charge in [-0.2, -0.15) is 0 Å². The van der Waals surface area contributed by atoms with Crippen molar-refractivity contribution in [3.63, 3.8) is 0 Å². The summed E-state index contributed by atoms with van der Waals surface area (Å²) < 4.78 is 1.10. The number of thioether (sulfide) groups is 1. The van der Waals surface area contributed by atoms with Crippen LogP contribution in [-0.4, -0.2) is 12.8 Å². The van der Waals surface area contributed by atoms with E-state index < -0.39 is 0 Å². The minimum atomic E-state index is 0.230. The molecule has 0 aliphatic carbocycles. The number of rotatable bonds is 5. The molecule has 2 rings (SSSR count). The van der Waals surface area contributed by atoms with E-state index in [1.54, 1.807) is 11.8 Å². The molecule has 0 radical (unpaired) electrons. The first-order chi connectivity index (χ1) is 9.60. The van der Waals surface area contributed by atoms with Gasteiger partial charge in [-0.25, -0.2) is 0 Å². The molecule has 2 aromatic carbocycles. The first-order valence-electron chi connectivity index (χ1n) is 6.10. The van der Waals surface area contributed by atoms with Gasteiger partial charge in [0.1, 0.15) is 0 Å². The van der Waals surface area contributed by atoms with Crippen molar-refractivity contribution in [2.75, 3.05) is 12.8 Å². The molecular weight excluding hydrogens is 377 g/mol. The van der Waals surface area contributed by atoms with Crippen molar-refractivity contribution >= 4 is 50.9 Å². The quantitative estimate of drug-likeness (QED) is 0.646. The summed E-state index contributed by atoms with van der Waals surface area (Å²) >= 11 is 17.3. The van der Waals surface area contributed by atoms with E-state index in [1.165, 1.54) is 4.90 Å². The van der Waals surface area contributed by atoms with Crippen LogP contribution < -0.4 is 5.32 Å². The van der Waals surface area contributed by atoms with Crippen molar-refractivity contribution < 1.29 is 0 Å². The van der Waals surface area contributed by atoms with Crippen LogP contribution in [0.2, 0.25) is 10.0 Å². The van der Waals surface area contributed by atoms with Crippen molar-refractivity contribution in [3.8, 4) is 0 Å². The monoisotopic (exact) mass is 389 g/mol. The summed E-state index contributed by atoms with van der Waals surface area (Å²) in [4.78, 5) is 1.24. The molecule has 0 bridgehead atoms. The SMILES string of the molecule is CNC(CSc1cccc(Br)c1)c1ccc(Cl)c(Cl)c1. The molecule has 0 fully saturated rings. The molecule has 0 aliphatic heterocycles. The Morgan fingerprint density at radius 2 is 1.95 bits per heavy atom. The Labute approximate surface area is 142 Å². The maximum absolute atomic E-state index is 6.08. The number of benzene rings is 2. The highest BCUT2D eigenvalue weighted by Crippen LogP contribution is 2.30. The van der Waals surface area contributed by atoms with Crippen LogP contribution in [0.5, 0.6) is 0 Å². The molecule has 2 aromatic rings. The zero-order chi connectivity index (χ0) is 14.5. The Hall–Kier alpha value is -0.190. The highest BCUT2D eigenvalue weighted by Gasteiger charge is 2.11. The second kappa shape index (κ2) is 7.71. The van der Waals surface area contributed by atoms with Gasteiger partial charge in [0, 0.05) is 21.2 Å². The van der Waals surface area contributed by atoms with Crippen molar-refractivity contribution in [2.24, 2.45) is 0 Å². The molecule has 1 nitrogen and oxygen atoms in total. The van der Waals surface area contributed by atoms with Crippen LogP contribution in [-0.2, 0) is 0 Å². The van der Waals surface area contributed by atoms with Crippen LogP contribution in [0.1, 0.15) is 11.6 Å². The maximum atomic E-state index is 6.08. The van der Waals surface area contributed by atoms with E-state index in [-0.39, 0.29) is 6.04 Å². The van der Waals surface area contributed by atoms with Crippen molar-refractivity contribution in [3.05, 3.63) is 62.5 Å². The van der Waals surface area contributed by atoms with E-state index in [9.17, 15) is 0 Å². The molecule has 0 aromatic heterocycles. The van der Waals surface area contributed by atoms with Crippen molar-refractivity contribution in [2.45, 2.75) is 10.9 Å². The Bertz CT molecular complexity index is 592. The predicted molar refractivity (Wildman–Crippen MR) is 93.1 cm³/mol. The standard InChI is InChI=1S/C15H14BrCl2NS/c1-19-15(10-5-6-13(17)14(18)7-10)9-20-12-4-2-3-11(16)8-12/h2-8,15,19H,9H2,1H3. The number of hydrogen-bond donors (Lipinski definition) is 1. The molecule has 0 aliphatic rings. The third kappa shape index (κ3) is 4.40. The van der Waals surface area contributed by atoms with Gasteiger partial charge in [-0.1, -0.05) is 51.3 Å². The topological polar surface area (TPSA) is 12.0 Å². The summed E-state index contributed by atoms with van der Waals surface area (Å²) in [6.45, 7) is 0. The summed E-state index contributed by atoms with van der Waals surface area (Å²) in [6.07, 6.45) is 0. The molecule has 5 heteroatoms. The summed E-state index contributed by atoms with van der Waals surface area (Å²) in [5, 5.41) is 4.50. The van der Waals surface area contributed by atoms with Crippen LogP contribution in [0, 0.1) is 0 Å². The third-order valence-corrected chi connectivity index (χ3v) is 5.23. The molecule has 0 amide bonds. The molecule has 0 spiro atoms. The van der Waals surface area contributed by atoms with Gasteiger partial charge in [0.2, 0.25) is 0 Å². The lowest BCUT2D eigenvalue weighted by atomic mass is 10.1. The molecule has 0 saturated carbocycles. The summed E-state index contributed by atoms with van der Waals surface area (Å²) in [7, 11) is 1.95. The fourth-order valence-electron chi connectivity index (χ4n) is 1.81. The van der Waals surface area contributed by atoms with Gasteiger partial charge in [-0.15, -0.1) is 11.8 Å². The molecule has 106 valence electrons. The third-order valence-electron chi connectivity index (χ3n) is 2.91. The average Bonchev–Trinajstić information content (AvgIpc) is 2.43. The first-order valence-corrected chi connectivity index (χ1v) is 8.64. The average molecular weight is 391 g/mol. The van der Waals surface area contributed by atoms with Crippen molar-refractivity contribution in [1.82, 2.24) is 5.32 Å². The van der Waals surface area contributed by atoms with Crippen LogP contribution in [0.4, 0.5) is 0 Å². The number of nitrogens with one attached hydrogen (secondary N) is 1. The van der Waals surface area contributed by atoms with Gasteiger partial charge in [0.05, 0.1) is 10.0 Å². The minimum Gasteiger partial charge on any atom is -0.312 e. The van der Waals surface area contributed by atoms with Crippen LogP contribution >= 0.6 is 50.9 Å². The fourth-order valence-corrected chi connectivity index (χ4v) is 3.77. The Balaban J connectivity index is 2.07. The van der Waals surface area contributed by atoms with Gasteiger partial charge in [0.25, 0.3) is 0 Å². The first kappa shape index (κ1) is 16.2. The molecular formula is C15H14BrCl2NS. The zero-order valence-corrected chi connectivity index (χ0v) is 14.8. The van der Waals surface area contributed by atoms with E-state index in [4.69, 9.17) is 23.2 Å². The Morgan fingerprint density at radius 3 is 2.60 bits per heavy atom. The summed E-state index contributed by atoms with van der Waals surface area (Å²) in [5.41, 5.74) is 1.14. The van der Waals surface area contributed by atoms with Crippen LogP contribution in [0.15, 0.2) is 51.8 Å². The molecule has 1 atom stereocenters. The molecule has 0 saturated heterocycles. The lowest BCUT2D eigenvalue weighted by molar-refractivity contribution is 0.662. The fraction of sp³-hybridized carbons (Fsp3) is 0.200. The highest BCUT2D eigenvalue weighted by atomic mass is 79.9. The van der Waals surface area contributed by atoms with Gasteiger partial charge < -0.3 is 5.32 Å². The number of hydrogen-bond acceptors (Lipinski definition) is 2. The van der Waals surface area contributed by atoms with Gasteiger partial charge in [0.15, 0.2) is 0 Å². The molecule has 1 N–H and O–H groups in total. The molecule has 20 heavy (non-hydrogen) atoms. The summed E-state index contributed by atoms with van der Waals surface area (Å²) in [6, 6.07) is 14.3. The van der Waals surface area contributed by atoms with Crippen LogP contribution in [0.25, 0.3) is 0 Å². The Kier molecular flexibility index (Phi) is 6.24. The van der Waals surface area contributed by atoms with Gasteiger partial charge in [-0.3, -0.25) is 0 Å². The van der Waals surface area contributed by atoms with E-state index in [0.717, 1.165) is 15.8 Å². The predicted octanol–water partition coefficient (Wildman–Crippen LogP) is 5.81. The second-order valence-electron chi connectivity index (χ2n) is 4.28. The van der Waals surface area contributed by atoms with E-state index in [2.05, 4.69) is 33.4 Å². The highest BCUT2D eigenvalue weighted by molar-refractivity contribution is 9.10. The zero-order valence-electron chi connectivity index (χ0n) is 10.9. The molecule has 1 unspecified atom stereocenters. The van der Waals surface area contributed by atoms with E-state index >= 15 is 0 Å². The lowest BCUT2D eigenvalue weighted by Gasteiger charge is -2.17. The maximum Gasteiger partial charge on any atom is 0.0595 e. The smallest absolute Gasteiger partial charge is 0.0595 e. The normalized spacial score (nSPS) is 12.4. The lowest BCUT2D eigenvalue weighted by Crippen LogP contribution is -2.18. The Morgan fingerprint density at radius 1 is 1.15 bits per heavy atom. The van der Waals surface area contributed by atoms with Gasteiger partial charge >= 0.3 is 0 Å². The van der Waals surface area contributed by atoms with Crippen LogP contribution in [0.3, 0.4) is 0 Å². The number of halogens is 3.